The molecule has 1 aromatic heterocycles. The van der Waals surface area contributed by atoms with Gasteiger partial charge >= 0.3 is 0 Å². The number of fused-ring (bicyclic) bond motifs is 1. The summed E-state index contributed by atoms with van der Waals surface area (Å²) in [4.78, 5) is 8.75. The van der Waals surface area contributed by atoms with E-state index in [-0.39, 0.29) is 12.1 Å². The summed E-state index contributed by atoms with van der Waals surface area (Å²) in [5.74, 6) is 1.91. The van der Waals surface area contributed by atoms with Crippen LogP contribution in [0, 0.1) is 6.92 Å². The maximum absolute atomic E-state index is 5.89. The summed E-state index contributed by atoms with van der Waals surface area (Å²) in [6, 6.07) is 4.34. The SMILES string of the molecule is CCOc1cc2c(cc1CN[C@@H](C)c1nccnc1C)O[C@H](C)C2. The van der Waals surface area contributed by atoms with Gasteiger partial charge in [-0.2, -0.15) is 0 Å². The summed E-state index contributed by atoms with van der Waals surface area (Å²) in [7, 11) is 0. The van der Waals surface area contributed by atoms with Crippen molar-refractivity contribution in [1.82, 2.24) is 15.3 Å². The number of rotatable bonds is 6. The van der Waals surface area contributed by atoms with Crippen molar-refractivity contribution >= 4 is 0 Å². The molecule has 2 aromatic rings. The standard InChI is InChI=1S/C19H25N3O2/c1-5-23-17-9-15-8-12(2)24-18(15)10-16(17)11-22-14(4)19-13(3)20-6-7-21-19/h6-7,9-10,12,14,22H,5,8,11H2,1-4H3/t12-,14+/m1/s1. The van der Waals surface area contributed by atoms with Crippen molar-refractivity contribution in [1.29, 1.82) is 0 Å². The van der Waals surface area contributed by atoms with Gasteiger partial charge in [0.25, 0.3) is 0 Å². The van der Waals surface area contributed by atoms with Crippen molar-refractivity contribution in [3.63, 3.8) is 0 Å². The second-order valence-electron chi connectivity index (χ2n) is 6.26. The molecule has 0 saturated heterocycles. The van der Waals surface area contributed by atoms with E-state index < -0.39 is 0 Å². The van der Waals surface area contributed by atoms with Gasteiger partial charge in [0.05, 0.1) is 18.0 Å². The van der Waals surface area contributed by atoms with E-state index in [0.717, 1.165) is 34.9 Å². The van der Waals surface area contributed by atoms with Crippen molar-refractivity contribution in [3.05, 3.63) is 47.0 Å². The molecule has 0 bridgehead atoms. The van der Waals surface area contributed by atoms with Gasteiger partial charge in [-0.1, -0.05) is 0 Å². The maximum atomic E-state index is 5.89. The van der Waals surface area contributed by atoms with Crippen molar-refractivity contribution in [3.8, 4) is 11.5 Å². The van der Waals surface area contributed by atoms with Crippen LogP contribution in [0.2, 0.25) is 0 Å². The van der Waals surface area contributed by atoms with Gasteiger partial charge in [0.15, 0.2) is 0 Å². The summed E-state index contributed by atoms with van der Waals surface area (Å²) in [5, 5.41) is 3.52. The second-order valence-corrected chi connectivity index (χ2v) is 6.26. The third-order valence-electron chi connectivity index (χ3n) is 4.31. The second kappa shape index (κ2) is 7.18. The zero-order valence-electron chi connectivity index (χ0n) is 14.8. The molecule has 2 heterocycles. The molecule has 2 atom stereocenters. The van der Waals surface area contributed by atoms with E-state index in [1.165, 1.54) is 5.56 Å². The van der Waals surface area contributed by atoms with Gasteiger partial charge in [-0.25, -0.2) is 0 Å². The van der Waals surface area contributed by atoms with Gasteiger partial charge in [0.1, 0.15) is 17.6 Å². The molecule has 0 spiro atoms. The van der Waals surface area contributed by atoms with Crippen LogP contribution in [0.5, 0.6) is 11.5 Å². The molecule has 0 fully saturated rings. The molecule has 0 unspecified atom stereocenters. The minimum absolute atomic E-state index is 0.112. The molecular formula is C19H25N3O2. The first kappa shape index (κ1) is 16.7. The molecule has 128 valence electrons. The van der Waals surface area contributed by atoms with Crippen molar-refractivity contribution in [2.24, 2.45) is 0 Å². The van der Waals surface area contributed by atoms with Crippen LogP contribution in [0.15, 0.2) is 24.5 Å². The lowest BCUT2D eigenvalue weighted by atomic mass is 10.1. The maximum Gasteiger partial charge on any atom is 0.124 e. The molecule has 0 saturated carbocycles. The lowest BCUT2D eigenvalue weighted by Crippen LogP contribution is -2.21. The number of aryl methyl sites for hydroxylation is 1. The number of hydrogen-bond acceptors (Lipinski definition) is 5. The Bertz CT molecular complexity index is 718. The van der Waals surface area contributed by atoms with E-state index >= 15 is 0 Å². The Morgan fingerprint density at radius 1 is 1.33 bits per heavy atom. The minimum Gasteiger partial charge on any atom is -0.494 e. The van der Waals surface area contributed by atoms with Gasteiger partial charge in [-0.3, -0.25) is 9.97 Å². The third-order valence-corrected chi connectivity index (χ3v) is 4.31. The zero-order chi connectivity index (χ0) is 17.1. The largest absolute Gasteiger partial charge is 0.494 e. The number of ether oxygens (including phenoxy) is 2. The van der Waals surface area contributed by atoms with Crippen LogP contribution >= 0.6 is 0 Å². The first-order chi connectivity index (χ1) is 11.6. The Morgan fingerprint density at radius 2 is 2.12 bits per heavy atom. The summed E-state index contributed by atoms with van der Waals surface area (Å²) >= 11 is 0. The minimum atomic E-state index is 0.112. The van der Waals surface area contributed by atoms with Crippen LogP contribution in [0.1, 0.15) is 49.3 Å². The van der Waals surface area contributed by atoms with Gasteiger partial charge < -0.3 is 14.8 Å². The lowest BCUT2D eigenvalue weighted by Gasteiger charge is -2.17. The van der Waals surface area contributed by atoms with E-state index in [1.807, 2.05) is 13.8 Å². The fraction of sp³-hybridized carbons (Fsp3) is 0.474. The van der Waals surface area contributed by atoms with Crippen LogP contribution in [0.4, 0.5) is 0 Å². The van der Waals surface area contributed by atoms with E-state index in [0.29, 0.717) is 13.2 Å². The highest BCUT2D eigenvalue weighted by atomic mass is 16.5. The van der Waals surface area contributed by atoms with E-state index in [4.69, 9.17) is 9.47 Å². The molecular weight excluding hydrogens is 302 g/mol. The van der Waals surface area contributed by atoms with Gasteiger partial charge in [-0.05, 0) is 39.8 Å². The Hall–Kier alpha value is -2.14. The topological polar surface area (TPSA) is 56.3 Å². The van der Waals surface area contributed by atoms with Gasteiger partial charge in [0, 0.05) is 42.5 Å². The summed E-state index contributed by atoms with van der Waals surface area (Å²) in [5.41, 5.74) is 4.26. The fourth-order valence-corrected chi connectivity index (χ4v) is 3.11. The Morgan fingerprint density at radius 3 is 2.88 bits per heavy atom. The fourth-order valence-electron chi connectivity index (χ4n) is 3.11. The third kappa shape index (κ3) is 3.51. The van der Waals surface area contributed by atoms with Crippen LogP contribution in [0.3, 0.4) is 0 Å². The molecule has 0 amide bonds. The lowest BCUT2D eigenvalue weighted by molar-refractivity contribution is 0.254. The first-order valence-electron chi connectivity index (χ1n) is 8.54. The molecule has 5 nitrogen and oxygen atoms in total. The molecule has 0 radical (unpaired) electrons. The van der Waals surface area contributed by atoms with Crippen molar-refractivity contribution < 1.29 is 9.47 Å². The van der Waals surface area contributed by atoms with Crippen LogP contribution in [-0.4, -0.2) is 22.7 Å². The summed E-state index contributed by atoms with van der Waals surface area (Å²) < 4.78 is 11.7. The predicted octanol–water partition coefficient (Wildman–Crippen LogP) is 3.36. The number of nitrogens with one attached hydrogen (secondary N) is 1. The highest BCUT2D eigenvalue weighted by molar-refractivity contribution is 5.48. The predicted molar refractivity (Wildman–Crippen MR) is 93.4 cm³/mol. The van der Waals surface area contributed by atoms with Gasteiger partial charge in [-0.15, -0.1) is 0 Å². The average molecular weight is 327 g/mol. The molecule has 1 aliphatic heterocycles. The monoisotopic (exact) mass is 327 g/mol. The number of benzene rings is 1. The molecule has 1 N–H and O–H groups in total. The van der Waals surface area contributed by atoms with E-state index in [9.17, 15) is 0 Å². The van der Waals surface area contributed by atoms with E-state index in [2.05, 4.69) is 41.3 Å². The number of hydrogen-bond donors (Lipinski definition) is 1. The van der Waals surface area contributed by atoms with Crippen LogP contribution in [-0.2, 0) is 13.0 Å². The highest BCUT2D eigenvalue weighted by Crippen LogP contribution is 2.35. The molecule has 3 rings (SSSR count). The van der Waals surface area contributed by atoms with Crippen LogP contribution in [0.25, 0.3) is 0 Å². The average Bonchev–Trinajstić information content (AvgIpc) is 2.92. The Kier molecular flexibility index (Phi) is 5.00. The van der Waals surface area contributed by atoms with Gasteiger partial charge in [0.2, 0.25) is 0 Å². The Balaban J connectivity index is 1.77. The normalized spacial score (nSPS) is 17.2. The highest BCUT2D eigenvalue weighted by Gasteiger charge is 2.22. The smallest absolute Gasteiger partial charge is 0.124 e. The first-order valence-corrected chi connectivity index (χ1v) is 8.54. The zero-order valence-corrected chi connectivity index (χ0v) is 14.8. The van der Waals surface area contributed by atoms with Crippen molar-refractivity contribution in [2.75, 3.05) is 6.61 Å². The van der Waals surface area contributed by atoms with Crippen LogP contribution < -0.4 is 14.8 Å². The number of nitrogens with zero attached hydrogens (tertiary/aromatic N) is 2. The molecule has 0 aliphatic carbocycles. The van der Waals surface area contributed by atoms with E-state index in [1.54, 1.807) is 12.4 Å². The molecule has 1 aliphatic rings. The Labute approximate surface area is 143 Å². The molecule has 24 heavy (non-hydrogen) atoms. The number of aromatic nitrogens is 2. The quantitative estimate of drug-likeness (QED) is 0.882. The summed E-state index contributed by atoms with van der Waals surface area (Å²) in [6.45, 7) is 9.53. The summed E-state index contributed by atoms with van der Waals surface area (Å²) in [6.07, 6.45) is 4.63. The van der Waals surface area contributed by atoms with Crippen molar-refractivity contribution in [2.45, 2.75) is 52.8 Å². The molecule has 1 aromatic carbocycles. The molecule has 5 heteroatoms.